The summed E-state index contributed by atoms with van der Waals surface area (Å²) in [6, 6.07) is 18.1. The zero-order valence-electron chi connectivity index (χ0n) is 14.2. The molecule has 2 aromatic carbocycles. The predicted molar refractivity (Wildman–Crippen MR) is 96.3 cm³/mol. The number of rotatable bonds is 3. The van der Waals surface area contributed by atoms with Crippen molar-refractivity contribution in [3.05, 3.63) is 99.0 Å². The molecule has 0 aliphatic carbocycles. The zero-order valence-corrected chi connectivity index (χ0v) is 14.2. The average Bonchev–Trinajstić information content (AvgIpc) is 2.96. The number of fused-ring (bicyclic) bond motifs is 1. The van der Waals surface area contributed by atoms with Crippen LogP contribution in [0.4, 0.5) is 0 Å². The van der Waals surface area contributed by atoms with Crippen LogP contribution in [0.3, 0.4) is 0 Å². The number of cyclic esters (lactones) is 1. The summed E-state index contributed by atoms with van der Waals surface area (Å²) in [6.07, 6.45) is -0.895. The van der Waals surface area contributed by atoms with Crippen LogP contribution in [0.1, 0.15) is 38.8 Å². The molecule has 1 aromatic heterocycles. The van der Waals surface area contributed by atoms with E-state index in [2.05, 4.69) is 0 Å². The van der Waals surface area contributed by atoms with E-state index in [1.807, 2.05) is 30.3 Å². The summed E-state index contributed by atoms with van der Waals surface area (Å²) in [4.78, 5) is 25.2. The van der Waals surface area contributed by atoms with E-state index in [0.29, 0.717) is 23.4 Å². The van der Waals surface area contributed by atoms with Gasteiger partial charge in [-0.15, -0.1) is 0 Å². The van der Waals surface area contributed by atoms with Crippen molar-refractivity contribution in [1.82, 2.24) is 4.57 Å². The van der Waals surface area contributed by atoms with Crippen LogP contribution >= 0.6 is 0 Å². The number of hydrogen-bond acceptors (Lipinski definition) is 4. The van der Waals surface area contributed by atoms with Gasteiger partial charge in [0.2, 0.25) is 0 Å². The summed E-state index contributed by atoms with van der Waals surface area (Å²) in [5, 5.41) is 10.4. The molecule has 0 spiro atoms. The normalized spacial score (nSPS) is 15.6. The smallest absolute Gasteiger partial charge is 0.339 e. The molecular weight excluding hydrogens is 330 g/mol. The second kappa shape index (κ2) is 6.19. The first-order valence-corrected chi connectivity index (χ1v) is 8.33. The average molecular weight is 347 g/mol. The molecule has 1 N–H and O–H groups in total. The fourth-order valence-electron chi connectivity index (χ4n) is 3.34. The summed E-state index contributed by atoms with van der Waals surface area (Å²) in [5.41, 5.74) is 2.35. The van der Waals surface area contributed by atoms with Gasteiger partial charge in [0.25, 0.3) is 5.56 Å². The van der Waals surface area contributed by atoms with Gasteiger partial charge in [0.05, 0.1) is 12.1 Å². The molecule has 1 aliphatic heterocycles. The van der Waals surface area contributed by atoms with Crippen molar-refractivity contribution in [3.8, 4) is 5.75 Å². The number of aromatic hydroxyl groups is 1. The van der Waals surface area contributed by atoms with Gasteiger partial charge in [-0.1, -0.05) is 48.5 Å². The number of carbonyl (C=O) groups excluding carboxylic acids is 1. The molecule has 2 heterocycles. The quantitative estimate of drug-likeness (QED) is 0.739. The topological polar surface area (TPSA) is 68.5 Å². The van der Waals surface area contributed by atoms with E-state index < -0.39 is 12.1 Å². The molecule has 0 unspecified atom stereocenters. The summed E-state index contributed by atoms with van der Waals surface area (Å²) in [5.74, 6) is -0.647. The Morgan fingerprint density at radius 1 is 1.04 bits per heavy atom. The van der Waals surface area contributed by atoms with E-state index >= 15 is 0 Å². The Morgan fingerprint density at radius 2 is 1.73 bits per heavy atom. The molecule has 0 saturated heterocycles. The zero-order chi connectivity index (χ0) is 18.3. The molecule has 4 rings (SSSR count). The van der Waals surface area contributed by atoms with Crippen LogP contribution in [0.25, 0.3) is 0 Å². The van der Waals surface area contributed by atoms with Crippen LogP contribution in [0.2, 0.25) is 0 Å². The first-order chi connectivity index (χ1) is 12.6. The molecule has 0 saturated carbocycles. The second-order valence-corrected chi connectivity index (χ2v) is 6.33. The predicted octanol–water partition coefficient (Wildman–Crippen LogP) is 3.17. The highest BCUT2D eigenvalue weighted by Gasteiger charge is 2.35. The number of benzene rings is 2. The van der Waals surface area contributed by atoms with E-state index in [4.69, 9.17) is 4.74 Å². The highest BCUT2D eigenvalue weighted by atomic mass is 16.5. The van der Waals surface area contributed by atoms with Gasteiger partial charge in [0.1, 0.15) is 11.3 Å². The van der Waals surface area contributed by atoms with Crippen molar-refractivity contribution < 1.29 is 14.6 Å². The van der Waals surface area contributed by atoms with Crippen LogP contribution in [0.15, 0.2) is 65.5 Å². The number of aromatic nitrogens is 1. The minimum absolute atomic E-state index is 0.0878. The van der Waals surface area contributed by atoms with Crippen LogP contribution < -0.4 is 5.56 Å². The maximum Gasteiger partial charge on any atom is 0.339 e. The Kier molecular flexibility index (Phi) is 3.84. The lowest BCUT2D eigenvalue weighted by atomic mass is 9.99. The van der Waals surface area contributed by atoms with Crippen molar-refractivity contribution in [2.24, 2.45) is 0 Å². The monoisotopic (exact) mass is 347 g/mol. The van der Waals surface area contributed by atoms with Gasteiger partial charge < -0.3 is 14.4 Å². The van der Waals surface area contributed by atoms with Crippen molar-refractivity contribution in [3.63, 3.8) is 0 Å². The Morgan fingerprint density at radius 3 is 2.50 bits per heavy atom. The molecular formula is C21H17NO4. The van der Waals surface area contributed by atoms with E-state index in [9.17, 15) is 14.7 Å². The third-order valence-electron chi connectivity index (χ3n) is 4.66. The molecule has 0 bridgehead atoms. The third-order valence-corrected chi connectivity index (χ3v) is 4.66. The Balaban J connectivity index is 1.85. The maximum atomic E-state index is 13.1. The summed E-state index contributed by atoms with van der Waals surface area (Å²) >= 11 is 0. The van der Waals surface area contributed by atoms with Gasteiger partial charge in [0, 0.05) is 11.3 Å². The van der Waals surface area contributed by atoms with Crippen molar-refractivity contribution >= 4 is 5.97 Å². The van der Waals surface area contributed by atoms with Gasteiger partial charge in [-0.3, -0.25) is 4.79 Å². The van der Waals surface area contributed by atoms with Crippen molar-refractivity contribution in [1.29, 1.82) is 0 Å². The van der Waals surface area contributed by atoms with E-state index in [1.165, 1.54) is 6.07 Å². The number of ether oxygens (including phenoxy) is 1. The maximum absolute atomic E-state index is 13.1. The minimum Gasteiger partial charge on any atom is -0.507 e. The molecule has 1 atom stereocenters. The second-order valence-electron chi connectivity index (χ2n) is 6.33. The van der Waals surface area contributed by atoms with Crippen LogP contribution in [-0.2, 0) is 11.3 Å². The standard InChI is InChI=1S/C21H17NO4/c1-13-11-17(23)18(19-15-9-5-6-10-16(15)21(25)26-19)20(24)22(13)12-14-7-3-2-4-8-14/h2-11,19,23H,12H2,1H3/t19-/m0/s1. The highest BCUT2D eigenvalue weighted by Crippen LogP contribution is 2.37. The number of pyridine rings is 1. The lowest BCUT2D eigenvalue weighted by molar-refractivity contribution is 0.0450. The molecule has 0 radical (unpaired) electrons. The van der Waals surface area contributed by atoms with Gasteiger partial charge in [-0.2, -0.15) is 0 Å². The lowest BCUT2D eigenvalue weighted by Crippen LogP contribution is -2.28. The van der Waals surface area contributed by atoms with Crippen LogP contribution in [0, 0.1) is 6.92 Å². The van der Waals surface area contributed by atoms with Crippen LogP contribution in [-0.4, -0.2) is 15.6 Å². The third kappa shape index (κ3) is 2.58. The number of carbonyl (C=O) groups is 1. The summed E-state index contributed by atoms with van der Waals surface area (Å²) in [6.45, 7) is 2.14. The van der Waals surface area contributed by atoms with Crippen LogP contribution in [0.5, 0.6) is 5.75 Å². The molecule has 5 nitrogen and oxygen atoms in total. The number of esters is 1. The van der Waals surface area contributed by atoms with Gasteiger partial charge in [-0.25, -0.2) is 4.79 Å². The fourth-order valence-corrected chi connectivity index (χ4v) is 3.34. The fraction of sp³-hybridized carbons (Fsp3) is 0.143. The number of aryl methyl sites for hydroxylation is 1. The molecule has 26 heavy (non-hydrogen) atoms. The van der Waals surface area contributed by atoms with Crippen molar-refractivity contribution in [2.75, 3.05) is 0 Å². The largest absolute Gasteiger partial charge is 0.507 e. The minimum atomic E-state index is -0.895. The van der Waals surface area contributed by atoms with Gasteiger partial charge in [0.15, 0.2) is 6.10 Å². The summed E-state index contributed by atoms with van der Waals surface area (Å²) in [7, 11) is 0. The van der Waals surface area contributed by atoms with Gasteiger partial charge >= 0.3 is 5.97 Å². The Hall–Kier alpha value is -3.34. The first kappa shape index (κ1) is 16.1. The molecule has 3 aromatic rings. The van der Waals surface area contributed by atoms with E-state index in [-0.39, 0.29) is 16.9 Å². The van der Waals surface area contributed by atoms with Crippen molar-refractivity contribution in [2.45, 2.75) is 19.6 Å². The molecule has 0 amide bonds. The molecule has 0 fully saturated rings. The molecule has 5 heteroatoms. The van der Waals surface area contributed by atoms with Gasteiger partial charge in [-0.05, 0) is 24.6 Å². The summed E-state index contributed by atoms with van der Waals surface area (Å²) < 4.78 is 6.99. The lowest BCUT2D eigenvalue weighted by Gasteiger charge is -2.17. The Labute approximate surface area is 150 Å². The van der Waals surface area contributed by atoms with E-state index in [1.54, 1.807) is 35.8 Å². The number of hydrogen-bond donors (Lipinski definition) is 1. The molecule has 1 aliphatic rings. The SMILES string of the molecule is Cc1cc(O)c([C@H]2OC(=O)c3ccccc32)c(=O)n1Cc1ccccc1. The highest BCUT2D eigenvalue weighted by molar-refractivity contribution is 5.94. The Bertz CT molecular complexity index is 1050. The molecule has 130 valence electrons. The first-order valence-electron chi connectivity index (χ1n) is 8.33. The van der Waals surface area contributed by atoms with E-state index in [0.717, 1.165) is 5.56 Å². The number of nitrogens with zero attached hydrogens (tertiary/aromatic N) is 1.